The number of carbonyl (C=O) groups excluding carboxylic acids is 1. The lowest BCUT2D eigenvalue weighted by atomic mass is 10.1. The van der Waals surface area contributed by atoms with E-state index in [4.69, 9.17) is 5.73 Å². The number of rotatable bonds is 2. The first-order valence-corrected chi connectivity index (χ1v) is 3.68. The van der Waals surface area contributed by atoms with Gasteiger partial charge in [-0.15, -0.1) is 0 Å². The molecule has 0 bridgehead atoms. The molecule has 1 aromatic carbocycles. The topological polar surface area (TPSA) is 63.3 Å². The highest BCUT2D eigenvalue weighted by Gasteiger charge is 2.07. The average molecular weight is 165 g/mol. The van der Waals surface area contributed by atoms with Crippen molar-refractivity contribution in [2.45, 2.75) is 6.92 Å². The van der Waals surface area contributed by atoms with Crippen LogP contribution in [0.4, 0.5) is 0 Å². The molecule has 0 aliphatic carbocycles. The second kappa shape index (κ2) is 3.36. The molecular weight excluding hydrogens is 154 g/mol. The zero-order valence-corrected chi connectivity index (χ0v) is 6.87. The minimum Gasteiger partial charge on any atom is -0.507 e. The van der Waals surface area contributed by atoms with Gasteiger partial charge in [-0.3, -0.25) is 4.79 Å². The summed E-state index contributed by atoms with van der Waals surface area (Å²) in [5, 5.41) is 9.32. The maximum atomic E-state index is 11.1. The average Bonchev–Trinajstić information content (AvgIpc) is 2.03. The number of phenolic OH excluding ortho intramolecular Hbond substituents is 1. The molecule has 0 aliphatic rings. The van der Waals surface area contributed by atoms with Gasteiger partial charge in [0.15, 0.2) is 5.78 Å². The fourth-order valence-corrected chi connectivity index (χ4v) is 0.987. The number of hydrogen-bond donors (Lipinski definition) is 2. The van der Waals surface area contributed by atoms with Crippen molar-refractivity contribution in [2.24, 2.45) is 5.73 Å². The van der Waals surface area contributed by atoms with Crippen molar-refractivity contribution >= 4 is 5.78 Å². The molecule has 0 atom stereocenters. The molecule has 0 radical (unpaired) electrons. The first kappa shape index (κ1) is 8.74. The Labute approximate surface area is 70.8 Å². The van der Waals surface area contributed by atoms with Crippen LogP contribution in [0.2, 0.25) is 0 Å². The van der Waals surface area contributed by atoms with E-state index < -0.39 is 0 Å². The smallest absolute Gasteiger partial charge is 0.180 e. The maximum Gasteiger partial charge on any atom is 0.180 e. The van der Waals surface area contributed by atoms with Crippen molar-refractivity contribution in [3.05, 3.63) is 29.3 Å². The minimum absolute atomic E-state index is 0.00505. The van der Waals surface area contributed by atoms with Gasteiger partial charge in [-0.2, -0.15) is 0 Å². The van der Waals surface area contributed by atoms with E-state index in [0.717, 1.165) is 5.56 Å². The van der Waals surface area contributed by atoms with Gasteiger partial charge in [0, 0.05) is 0 Å². The van der Waals surface area contributed by atoms with E-state index in [-0.39, 0.29) is 18.1 Å². The molecule has 12 heavy (non-hydrogen) atoms. The maximum absolute atomic E-state index is 11.1. The van der Waals surface area contributed by atoms with Crippen LogP contribution in [0.15, 0.2) is 18.2 Å². The van der Waals surface area contributed by atoms with Crippen LogP contribution in [-0.4, -0.2) is 17.4 Å². The van der Waals surface area contributed by atoms with Crippen LogP contribution in [0.25, 0.3) is 0 Å². The van der Waals surface area contributed by atoms with Gasteiger partial charge in [-0.25, -0.2) is 0 Å². The number of aromatic hydroxyl groups is 1. The quantitative estimate of drug-likeness (QED) is 0.638. The Morgan fingerprint density at radius 3 is 2.75 bits per heavy atom. The first-order valence-electron chi connectivity index (χ1n) is 3.68. The molecule has 1 rings (SSSR count). The van der Waals surface area contributed by atoms with E-state index in [2.05, 4.69) is 0 Å². The van der Waals surface area contributed by atoms with E-state index in [1.165, 1.54) is 0 Å². The molecule has 0 heterocycles. The van der Waals surface area contributed by atoms with Gasteiger partial charge in [0.1, 0.15) is 5.75 Å². The fraction of sp³-hybridized carbons (Fsp3) is 0.222. The van der Waals surface area contributed by atoms with Crippen LogP contribution in [-0.2, 0) is 0 Å². The van der Waals surface area contributed by atoms with Crippen molar-refractivity contribution < 1.29 is 9.90 Å². The molecular formula is C9H11NO2. The molecule has 3 heteroatoms. The van der Waals surface area contributed by atoms with Crippen LogP contribution in [0, 0.1) is 6.92 Å². The zero-order valence-electron chi connectivity index (χ0n) is 6.87. The van der Waals surface area contributed by atoms with Gasteiger partial charge in [-0.1, -0.05) is 6.07 Å². The summed E-state index contributed by atoms with van der Waals surface area (Å²) >= 11 is 0. The molecule has 0 spiro atoms. The Balaban J connectivity index is 3.09. The Kier molecular flexibility index (Phi) is 2.45. The third-order valence-corrected chi connectivity index (χ3v) is 1.64. The predicted octanol–water partition coefficient (Wildman–Crippen LogP) is 0.842. The van der Waals surface area contributed by atoms with Gasteiger partial charge in [0.2, 0.25) is 0 Å². The van der Waals surface area contributed by atoms with E-state index >= 15 is 0 Å². The summed E-state index contributed by atoms with van der Waals surface area (Å²) < 4.78 is 0. The second-order valence-corrected chi connectivity index (χ2v) is 2.65. The second-order valence-electron chi connectivity index (χ2n) is 2.65. The molecule has 3 nitrogen and oxygen atoms in total. The number of aryl methyl sites for hydroxylation is 1. The highest BCUT2D eigenvalue weighted by molar-refractivity contribution is 5.99. The normalized spacial score (nSPS) is 9.83. The zero-order chi connectivity index (χ0) is 9.14. The van der Waals surface area contributed by atoms with E-state index in [0.29, 0.717) is 5.56 Å². The van der Waals surface area contributed by atoms with Gasteiger partial charge in [0.05, 0.1) is 12.1 Å². The third kappa shape index (κ3) is 1.62. The van der Waals surface area contributed by atoms with Crippen LogP contribution in [0.3, 0.4) is 0 Å². The molecule has 0 aromatic heterocycles. The molecule has 0 fully saturated rings. The monoisotopic (exact) mass is 165 g/mol. The number of Topliss-reactive ketones (excluding diaryl/α,β-unsaturated/α-hetero) is 1. The summed E-state index contributed by atoms with van der Waals surface area (Å²) in [6.07, 6.45) is 0. The number of hydrogen-bond acceptors (Lipinski definition) is 3. The summed E-state index contributed by atoms with van der Waals surface area (Å²) in [7, 11) is 0. The summed E-state index contributed by atoms with van der Waals surface area (Å²) in [4.78, 5) is 11.1. The summed E-state index contributed by atoms with van der Waals surface area (Å²) in [6, 6.07) is 4.89. The standard InChI is InChI=1S/C9H11NO2/c1-6-2-3-7(8(11)4-6)9(12)5-10/h2-4,11H,5,10H2,1H3. The number of phenols is 1. The first-order chi connectivity index (χ1) is 5.65. The highest BCUT2D eigenvalue weighted by Crippen LogP contribution is 2.18. The van der Waals surface area contributed by atoms with Crippen molar-refractivity contribution in [1.82, 2.24) is 0 Å². The van der Waals surface area contributed by atoms with Gasteiger partial charge in [0.25, 0.3) is 0 Å². The molecule has 0 saturated carbocycles. The van der Waals surface area contributed by atoms with Crippen LogP contribution >= 0.6 is 0 Å². The molecule has 3 N–H and O–H groups in total. The minimum atomic E-state index is -0.243. The van der Waals surface area contributed by atoms with E-state index in [1.54, 1.807) is 18.2 Å². The number of carbonyl (C=O) groups is 1. The highest BCUT2D eigenvalue weighted by atomic mass is 16.3. The van der Waals surface area contributed by atoms with Crippen LogP contribution in [0.5, 0.6) is 5.75 Å². The molecule has 64 valence electrons. The van der Waals surface area contributed by atoms with Crippen LogP contribution < -0.4 is 5.73 Å². The summed E-state index contributed by atoms with van der Waals surface area (Å²) in [5.74, 6) is -0.238. The lowest BCUT2D eigenvalue weighted by molar-refractivity contribution is 0.0999. The number of benzene rings is 1. The number of nitrogens with two attached hydrogens (primary N) is 1. The van der Waals surface area contributed by atoms with Gasteiger partial charge >= 0.3 is 0 Å². The molecule has 0 aliphatic heterocycles. The van der Waals surface area contributed by atoms with Gasteiger partial charge < -0.3 is 10.8 Å². The molecule has 0 amide bonds. The molecule has 0 unspecified atom stereocenters. The van der Waals surface area contributed by atoms with Crippen LogP contribution in [0.1, 0.15) is 15.9 Å². The van der Waals surface area contributed by atoms with Crippen molar-refractivity contribution in [2.75, 3.05) is 6.54 Å². The van der Waals surface area contributed by atoms with E-state index in [9.17, 15) is 9.90 Å². The van der Waals surface area contributed by atoms with Gasteiger partial charge in [-0.05, 0) is 24.6 Å². The Morgan fingerprint density at radius 2 is 2.25 bits per heavy atom. The van der Waals surface area contributed by atoms with Crippen molar-refractivity contribution in [1.29, 1.82) is 0 Å². The lowest BCUT2D eigenvalue weighted by Crippen LogP contribution is -2.13. The molecule has 0 saturated heterocycles. The Hall–Kier alpha value is -1.35. The summed E-state index contributed by atoms with van der Waals surface area (Å²) in [6.45, 7) is 1.77. The SMILES string of the molecule is Cc1ccc(C(=O)CN)c(O)c1. The largest absolute Gasteiger partial charge is 0.507 e. The Bertz CT molecular complexity index is 307. The Morgan fingerprint density at radius 1 is 1.58 bits per heavy atom. The summed E-state index contributed by atoms with van der Waals surface area (Å²) in [5.41, 5.74) is 6.36. The molecule has 1 aromatic rings. The van der Waals surface area contributed by atoms with Crippen molar-refractivity contribution in [3.8, 4) is 5.75 Å². The third-order valence-electron chi connectivity index (χ3n) is 1.64. The van der Waals surface area contributed by atoms with E-state index in [1.807, 2.05) is 6.92 Å². The predicted molar refractivity (Wildman–Crippen MR) is 46.2 cm³/mol. The lowest BCUT2D eigenvalue weighted by Gasteiger charge is -2.01. The van der Waals surface area contributed by atoms with Crippen molar-refractivity contribution in [3.63, 3.8) is 0 Å². The fourth-order valence-electron chi connectivity index (χ4n) is 0.987. The number of ketones is 1.